The second kappa shape index (κ2) is 18.7. The van der Waals surface area contributed by atoms with Crippen LogP contribution in [0.3, 0.4) is 0 Å². The van der Waals surface area contributed by atoms with E-state index in [0.717, 1.165) is 87.5 Å². The van der Waals surface area contributed by atoms with Gasteiger partial charge >= 0.3 is 0 Å². The zero-order chi connectivity index (χ0) is 46.4. The first-order chi connectivity index (χ1) is 31.6. The minimum absolute atomic E-state index is 0.0653. The number of rotatable bonds is 13. The molecule has 1 atom stereocenters. The average Bonchev–Trinajstić information content (AvgIpc) is 3.60. The molecule has 2 aromatic heterocycles. The topological polar surface area (TPSA) is 182 Å². The number of benzene rings is 2. The summed E-state index contributed by atoms with van der Waals surface area (Å²) in [4.78, 5) is 60.1. The maximum absolute atomic E-state index is 13.2. The second-order valence-electron chi connectivity index (χ2n) is 18.8. The Kier molecular flexibility index (Phi) is 13.0. The molecule has 2 aromatic carbocycles. The van der Waals surface area contributed by atoms with E-state index in [1.54, 1.807) is 24.8 Å². The van der Waals surface area contributed by atoms with E-state index < -0.39 is 21.1 Å². The number of aryl methyl sites for hydroxylation is 1. The maximum Gasteiger partial charge on any atom is 0.255 e. The molecular weight excluding hydrogens is 880 g/mol. The monoisotopic (exact) mass is 938 g/mol. The Bertz CT molecular complexity index is 2630. The number of amides is 3. The van der Waals surface area contributed by atoms with Crippen molar-refractivity contribution in [3.05, 3.63) is 82.1 Å². The second-order valence-corrected chi connectivity index (χ2v) is 21.7. The molecule has 18 heteroatoms. The molecule has 0 bridgehead atoms. The van der Waals surface area contributed by atoms with E-state index in [1.807, 2.05) is 26.0 Å². The van der Waals surface area contributed by atoms with E-state index in [4.69, 9.17) is 16.3 Å². The number of hydrogen-bond acceptors (Lipinski definition) is 14. The highest BCUT2D eigenvalue weighted by atomic mass is 35.5. The van der Waals surface area contributed by atoms with Crippen molar-refractivity contribution in [3.63, 3.8) is 0 Å². The molecule has 0 aliphatic carbocycles. The lowest BCUT2D eigenvalue weighted by Gasteiger charge is -2.50. The van der Waals surface area contributed by atoms with Gasteiger partial charge in [-0.15, -0.1) is 0 Å². The molecule has 7 heterocycles. The Morgan fingerprint density at radius 3 is 2.30 bits per heavy atom. The van der Waals surface area contributed by atoms with Crippen molar-refractivity contribution in [2.45, 2.75) is 120 Å². The van der Waals surface area contributed by atoms with Gasteiger partial charge in [-0.3, -0.25) is 24.6 Å². The summed E-state index contributed by atoms with van der Waals surface area (Å²) in [5.41, 5.74) is 5.87. The molecule has 5 aliphatic rings. The van der Waals surface area contributed by atoms with Crippen molar-refractivity contribution in [1.82, 2.24) is 35.0 Å². The van der Waals surface area contributed by atoms with Crippen molar-refractivity contribution in [2.24, 2.45) is 0 Å². The molecule has 16 nitrogen and oxygen atoms in total. The number of anilines is 5. The van der Waals surface area contributed by atoms with Crippen LogP contribution in [0.15, 0.2) is 59.8 Å². The molecule has 3 N–H and O–H groups in total. The third kappa shape index (κ3) is 9.31. The number of carbonyl (C=O) groups excluding carboxylic acids is 3. The average molecular weight is 940 g/mol. The summed E-state index contributed by atoms with van der Waals surface area (Å²) in [7, 11) is -3.63. The quantitative estimate of drug-likeness (QED) is 0.122. The lowest BCUT2D eigenvalue weighted by Crippen LogP contribution is -2.62. The largest absolute Gasteiger partial charge is 0.489 e. The maximum atomic E-state index is 13.2. The molecule has 4 aromatic rings. The number of aromatic nitrogens is 3. The smallest absolute Gasteiger partial charge is 0.255 e. The third-order valence-electron chi connectivity index (χ3n) is 13.9. The molecular formula is C48H59ClN10O6S. The molecule has 350 valence electrons. The van der Waals surface area contributed by atoms with Crippen LogP contribution >= 0.6 is 11.6 Å². The highest BCUT2D eigenvalue weighted by Crippen LogP contribution is 2.40. The number of piperidine rings is 3. The van der Waals surface area contributed by atoms with Gasteiger partial charge in [0.25, 0.3) is 5.91 Å². The van der Waals surface area contributed by atoms with Gasteiger partial charge in [0, 0.05) is 68.7 Å². The first-order valence-electron chi connectivity index (χ1n) is 23.2. The molecule has 4 fully saturated rings. The Morgan fingerprint density at radius 1 is 0.864 bits per heavy atom. The molecule has 9 rings (SSSR count). The summed E-state index contributed by atoms with van der Waals surface area (Å²) >= 11 is 6.52. The van der Waals surface area contributed by atoms with Gasteiger partial charge in [-0.2, -0.15) is 4.98 Å². The van der Waals surface area contributed by atoms with Crippen LogP contribution in [-0.2, 0) is 26.0 Å². The van der Waals surface area contributed by atoms with Gasteiger partial charge in [-0.25, -0.2) is 18.4 Å². The van der Waals surface area contributed by atoms with Crippen LogP contribution in [0.2, 0.25) is 5.02 Å². The lowest BCUT2D eigenvalue weighted by atomic mass is 9.85. The fourth-order valence-electron chi connectivity index (χ4n) is 10.2. The van der Waals surface area contributed by atoms with Gasteiger partial charge in [0.1, 0.15) is 27.5 Å². The molecule has 4 saturated heterocycles. The number of halogens is 1. The standard InChI is InChI=1S/C48H59ClN10O6S/c1-28(2)65-41-23-37(30(5)21-39(41)52-48-51-24-38(49)44(55-48)54-45-42(7-6-16-50-45)66(63,64)29(3)4)31-12-17-56(18-13-31)33-14-19-57(20-15-33)35-26-58(27-35)34-8-9-36-32(22-34)25-59(47(36)62)40-10-11-43(60)53-46(40)61/h6-9,16,21-24,28-29,31,33,35,40H,10-15,17-20,25-27H2,1-5H3,(H,53,60,61)(H2,50,51,52,54,55). The van der Waals surface area contributed by atoms with E-state index in [-0.39, 0.29) is 57.7 Å². The normalized spacial score (nSPS) is 20.5. The summed E-state index contributed by atoms with van der Waals surface area (Å²) in [5, 5.41) is 8.32. The van der Waals surface area contributed by atoms with Crippen molar-refractivity contribution < 1.29 is 27.5 Å². The van der Waals surface area contributed by atoms with Crippen LogP contribution in [-0.4, -0.2) is 125 Å². The molecule has 0 spiro atoms. The summed E-state index contributed by atoms with van der Waals surface area (Å²) in [6, 6.07) is 13.9. The highest BCUT2D eigenvalue weighted by Gasteiger charge is 2.41. The van der Waals surface area contributed by atoms with Crippen LogP contribution in [0.5, 0.6) is 5.75 Å². The highest BCUT2D eigenvalue weighted by molar-refractivity contribution is 7.92. The number of hydrogen-bond donors (Lipinski definition) is 3. The van der Waals surface area contributed by atoms with E-state index in [2.05, 4.69) is 70.7 Å². The fraction of sp³-hybridized carbons (Fsp3) is 0.500. The predicted molar refractivity (Wildman–Crippen MR) is 254 cm³/mol. The number of nitrogens with one attached hydrogen (secondary N) is 3. The fourth-order valence-corrected chi connectivity index (χ4v) is 11.4. The number of imide groups is 1. The number of likely N-dealkylation sites (tertiary alicyclic amines) is 2. The van der Waals surface area contributed by atoms with Gasteiger partial charge in [-0.1, -0.05) is 11.6 Å². The summed E-state index contributed by atoms with van der Waals surface area (Å²) in [6.07, 6.45) is 7.98. The summed E-state index contributed by atoms with van der Waals surface area (Å²) in [5.74, 6) is 0.929. The minimum atomic E-state index is -3.63. The van der Waals surface area contributed by atoms with Gasteiger partial charge < -0.3 is 30.1 Å². The first-order valence-corrected chi connectivity index (χ1v) is 25.1. The van der Waals surface area contributed by atoms with Crippen LogP contribution in [0.4, 0.5) is 29.0 Å². The Hall–Kier alpha value is -5.36. The van der Waals surface area contributed by atoms with Crippen molar-refractivity contribution in [1.29, 1.82) is 0 Å². The Balaban J connectivity index is 0.778. The van der Waals surface area contributed by atoms with E-state index >= 15 is 0 Å². The molecule has 3 amide bonds. The molecule has 1 unspecified atom stereocenters. The van der Waals surface area contributed by atoms with Gasteiger partial charge in [0.05, 0.1) is 23.2 Å². The summed E-state index contributed by atoms with van der Waals surface area (Å²) < 4.78 is 32.6. The van der Waals surface area contributed by atoms with Gasteiger partial charge in [-0.05, 0) is 145 Å². The lowest BCUT2D eigenvalue weighted by molar-refractivity contribution is -0.136. The van der Waals surface area contributed by atoms with E-state index in [9.17, 15) is 22.8 Å². The molecule has 66 heavy (non-hydrogen) atoms. The van der Waals surface area contributed by atoms with Crippen LogP contribution in [0, 0.1) is 6.92 Å². The van der Waals surface area contributed by atoms with Crippen LogP contribution < -0.4 is 25.6 Å². The Morgan fingerprint density at radius 2 is 1.59 bits per heavy atom. The van der Waals surface area contributed by atoms with Crippen molar-refractivity contribution >= 4 is 68.1 Å². The molecule has 0 saturated carbocycles. The molecule has 0 radical (unpaired) electrons. The Labute approximate surface area is 391 Å². The number of nitrogens with zero attached hydrogens (tertiary/aromatic N) is 7. The van der Waals surface area contributed by atoms with Crippen molar-refractivity contribution in [3.8, 4) is 5.75 Å². The van der Waals surface area contributed by atoms with Gasteiger partial charge in [0.2, 0.25) is 17.8 Å². The minimum Gasteiger partial charge on any atom is -0.489 e. The van der Waals surface area contributed by atoms with E-state index in [1.165, 1.54) is 24.0 Å². The third-order valence-corrected chi connectivity index (χ3v) is 16.4. The number of sulfone groups is 1. The summed E-state index contributed by atoms with van der Waals surface area (Å²) in [6.45, 7) is 16.0. The van der Waals surface area contributed by atoms with Gasteiger partial charge in [0.15, 0.2) is 15.7 Å². The number of ether oxygens (including phenoxy) is 1. The SMILES string of the molecule is Cc1cc(Nc2ncc(Cl)c(Nc3ncccc3S(=O)(=O)C(C)C)n2)c(OC(C)C)cc1C1CCN(C2CCN(C3CN(c4ccc5c(c4)CN(C4CCC(=O)NC4=O)C5=O)C3)CC2)CC1. The van der Waals surface area contributed by atoms with Crippen LogP contribution in [0.1, 0.15) is 99.2 Å². The predicted octanol–water partition coefficient (Wildman–Crippen LogP) is 6.58. The first kappa shape index (κ1) is 45.8. The van der Waals surface area contributed by atoms with Crippen LogP contribution in [0.25, 0.3) is 0 Å². The number of carbonyl (C=O) groups is 3. The zero-order valence-electron chi connectivity index (χ0n) is 38.2. The molecule has 5 aliphatic heterocycles. The van der Waals surface area contributed by atoms with Crippen molar-refractivity contribution in [2.75, 3.05) is 54.8 Å². The number of fused-ring (bicyclic) bond motifs is 1. The van der Waals surface area contributed by atoms with E-state index in [0.29, 0.717) is 42.3 Å². The zero-order valence-corrected chi connectivity index (χ0v) is 39.8. The number of pyridine rings is 1.